The third-order valence-corrected chi connectivity index (χ3v) is 5.33. The molecule has 0 saturated heterocycles. The van der Waals surface area contributed by atoms with Crippen molar-refractivity contribution in [2.24, 2.45) is 0 Å². The molecule has 0 spiro atoms. The number of fused-ring (bicyclic) bond motifs is 1. The highest BCUT2D eigenvalue weighted by Gasteiger charge is 2.31. The third-order valence-electron chi connectivity index (χ3n) is 5.33. The molecule has 0 fully saturated rings. The lowest BCUT2D eigenvalue weighted by Gasteiger charge is -2.29. The fraction of sp³-hybridized carbons (Fsp3) is 0.308. The first-order chi connectivity index (χ1) is 17.0. The van der Waals surface area contributed by atoms with Gasteiger partial charge in [-0.2, -0.15) is 0 Å². The zero-order valence-electron chi connectivity index (χ0n) is 20.1. The molecule has 1 heterocycles. The van der Waals surface area contributed by atoms with Gasteiger partial charge in [0.25, 0.3) is 0 Å². The second-order valence-corrected chi connectivity index (χ2v) is 8.83. The maximum absolute atomic E-state index is 13.9. The fourth-order valence-electron chi connectivity index (χ4n) is 3.41. The fourth-order valence-corrected chi connectivity index (χ4v) is 3.41. The Morgan fingerprint density at radius 1 is 1.31 bits per heavy atom. The molecule has 36 heavy (non-hydrogen) atoms. The number of carbonyl (C=O) groups is 1. The quantitative estimate of drug-likeness (QED) is 0.321. The van der Waals surface area contributed by atoms with Gasteiger partial charge in [0.1, 0.15) is 35.6 Å². The van der Waals surface area contributed by atoms with E-state index in [0.717, 1.165) is 18.3 Å². The molecule has 190 valence electrons. The van der Waals surface area contributed by atoms with E-state index in [4.69, 9.17) is 10.1 Å². The SMILES string of the molecule is CN1c2cc(C#CC(C)(C)O)ccc2OCC(NC(=O)N/C=C(\C=N)Cc2ccc(F)cc2F)C1O. The Morgan fingerprint density at radius 2 is 2.06 bits per heavy atom. The summed E-state index contributed by atoms with van der Waals surface area (Å²) >= 11 is 0. The van der Waals surface area contributed by atoms with E-state index in [0.29, 0.717) is 17.0 Å². The van der Waals surface area contributed by atoms with E-state index >= 15 is 0 Å². The van der Waals surface area contributed by atoms with Crippen LogP contribution in [0.15, 0.2) is 48.2 Å². The van der Waals surface area contributed by atoms with E-state index < -0.39 is 35.5 Å². The molecule has 0 aromatic heterocycles. The molecule has 2 atom stereocenters. The maximum Gasteiger partial charge on any atom is 0.319 e. The minimum atomic E-state index is -1.16. The van der Waals surface area contributed by atoms with Gasteiger partial charge in [-0.15, -0.1) is 0 Å². The van der Waals surface area contributed by atoms with Gasteiger partial charge in [-0.1, -0.05) is 17.9 Å². The number of amides is 2. The van der Waals surface area contributed by atoms with Gasteiger partial charge in [0, 0.05) is 37.5 Å². The number of hydrogen-bond acceptors (Lipinski definition) is 6. The van der Waals surface area contributed by atoms with Crippen LogP contribution in [0.3, 0.4) is 0 Å². The zero-order chi connectivity index (χ0) is 26.5. The van der Waals surface area contributed by atoms with E-state index in [-0.39, 0.29) is 24.2 Å². The number of aliphatic hydroxyl groups excluding tert-OH is 1. The van der Waals surface area contributed by atoms with Crippen molar-refractivity contribution in [3.63, 3.8) is 0 Å². The van der Waals surface area contributed by atoms with Crippen LogP contribution in [0.25, 0.3) is 0 Å². The van der Waals surface area contributed by atoms with Gasteiger partial charge in [-0.3, -0.25) is 0 Å². The molecule has 5 N–H and O–H groups in total. The van der Waals surface area contributed by atoms with Crippen LogP contribution >= 0.6 is 0 Å². The molecular formula is C26H28F2N4O4. The molecule has 0 aliphatic carbocycles. The number of hydrogen-bond donors (Lipinski definition) is 5. The topological polar surface area (TPSA) is 118 Å². The summed E-state index contributed by atoms with van der Waals surface area (Å²) in [5.41, 5.74) is 0.465. The lowest BCUT2D eigenvalue weighted by Crippen LogP contribution is -2.54. The molecule has 3 rings (SSSR count). The van der Waals surface area contributed by atoms with Crippen molar-refractivity contribution in [2.45, 2.75) is 38.1 Å². The molecule has 0 radical (unpaired) electrons. The normalized spacial score (nSPS) is 17.6. The summed E-state index contributed by atoms with van der Waals surface area (Å²) in [6.07, 6.45) is 1.02. The Hall–Kier alpha value is -3.94. The van der Waals surface area contributed by atoms with Crippen LogP contribution in [0, 0.1) is 28.9 Å². The van der Waals surface area contributed by atoms with E-state index in [1.165, 1.54) is 12.3 Å². The summed E-state index contributed by atoms with van der Waals surface area (Å²) < 4.78 is 32.8. The third kappa shape index (κ3) is 7.04. The lowest BCUT2D eigenvalue weighted by atomic mass is 10.1. The van der Waals surface area contributed by atoms with Gasteiger partial charge in [-0.25, -0.2) is 13.6 Å². The van der Waals surface area contributed by atoms with Crippen LogP contribution in [-0.2, 0) is 6.42 Å². The number of aliphatic hydroxyl groups is 2. The highest BCUT2D eigenvalue weighted by Crippen LogP contribution is 2.32. The van der Waals surface area contributed by atoms with Crippen LogP contribution in [0.5, 0.6) is 5.75 Å². The van der Waals surface area contributed by atoms with Gasteiger partial charge < -0.3 is 35.9 Å². The first-order valence-corrected chi connectivity index (χ1v) is 11.1. The van der Waals surface area contributed by atoms with Crippen molar-refractivity contribution in [2.75, 3.05) is 18.6 Å². The Labute approximate surface area is 208 Å². The number of likely N-dealkylation sites (N-methyl/N-ethyl adjacent to an activating group) is 1. The van der Waals surface area contributed by atoms with E-state index in [1.807, 2.05) is 0 Å². The molecule has 1 aliphatic heterocycles. The first-order valence-electron chi connectivity index (χ1n) is 11.1. The number of anilines is 1. The number of urea groups is 1. The largest absolute Gasteiger partial charge is 0.489 e. The monoisotopic (exact) mass is 498 g/mol. The minimum absolute atomic E-state index is 0.0252. The number of rotatable bonds is 5. The Morgan fingerprint density at radius 3 is 2.72 bits per heavy atom. The number of ether oxygens (including phenoxy) is 1. The molecule has 2 unspecified atom stereocenters. The van der Waals surface area contributed by atoms with Crippen LogP contribution in [0.1, 0.15) is 25.0 Å². The van der Waals surface area contributed by atoms with Crippen molar-refractivity contribution in [1.29, 1.82) is 5.41 Å². The maximum atomic E-state index is 13.9. The molecule has 0 saturated carbocycles. The average molecular weight is 499 g/mol. The van der Waals surface area contributed by atoms with Crippen LogP contribution in [0.4, 0.5) is 19.3 Å². The molecule has 1 aliphatic rings. The van der Waals surface area contributed by atoms with Crippen LogP contribution < -0.4 is 20.3 Å². The second-order valence-electron chi connectivity index (χ2n) is 8.83. The van der Waals surface area contributed by atoms with Crippen molar-refractivity contribution in [1.82, 2.24) is 10.6 Å². The number of benzene rings is 2. The summed E-state index contributed by atoms with van der Waals surface area (Å²) in [4.78, 5) is 14.0. The van der Waals surface area contributed by atoms with Gasteiger partial charge in [-0.05, 0) is 49.2 Å². The summed E-state index contributed by atoms with van der Waals surface area (Å²) in [6, 6.07) is 6.79. The standard InChI is InChI=1S/C26H28F2N4O4/c1-26(2,35)9-8-16-4-7-23-22(11-16)32(3)24(33)21(15-36-23)31-25(34)30-14-17(13-29)10-18-5-6-19(27)12-20(18)28/h4-7,11-14,21,24,29,33,35H,10,15H2,1-3H3,(H2,30,31,34)/b17-14-,29-13?. The molecule has 2 amide bonds. The predicted octanol–water partition coefficient (Wildman–Crippen LogP) is 2.68. The second kappa shape index (κ2) is 11.2. The molecule has 8 nitrogen and oxygen atoms in total. The number of allylic oxidation sites excluding steroid dienone is 1. The first kappa shape index (κ1) is 26.7. The molecule has 2 aromatic carbocycles. The molecular weight excluding hydrogens is 470 g/mol. The highest BCUT2D eigenvalue weighted by atomic mass is 19.1. The van der Waals surface area contributed by atoms with Gasteiger partial charge in [0.2, 0.25) is 0 Å². The highest BCUT2D eigenvalue weighted by molar-refractivity contribution is 5.80. The smallest absolute Gasteiger partial charge is 0.319 e. The summed E-state index contributed by atoms with van der Waals surface area (Å²) in [7, 11) is 1.64. The predicted molar refractivity (Wildman–Crippen MR) is 132 cm³/mol. The summed E-state index contributed by atoms with van der Waals surface area (Å²) in [5.74, 6) is 4.65. The van der Waals surface area contributed by atoms with Crippen molar-refractivity contribution >= 4 is 17.9 Å². The molecule has 0 bridgehead atoms. The van der Waals surface area contributed by atoms with Crippen molar-refractivity contribution in [3.05, 3.63) is 70.9 Å². The van der Waals surface area contributed by atoms with Crippen LogP contribution in [-0.4, -0.2) is 54.0 Å². The van der Waals surface area contributed by atoms with E-state index in [9.17, 15) is 23.8 Å². The lowest BCUT2D eigenvalue weighted by molar-refractivity contribution is 0.110. The Balaban J connectivity index is 1.66. The number of halogens is 2. The number of carbonyl (C=O) groups excluding carboxylic acids is 1. The van der Waals surface area contributed by atoms with Crippen LogP contribution in [0.2, 0.25) is 0 Å². The van der Waals surface area contributed by atoms with Gasteiger partial charge in [0.05, 0.1) is 5.69 Å². The van der Waals surface area contributed by atoms with Crippen molar-refractivity contribution < 1.29 is 28.5 Å². The summed E-state index contributed by atoms with van der Waals surface area (Å²) in [6.45, 7) is 3.12. The van der Waals surface area contributed by atoms with E-state index in [1.54, 1.807) is 44.0 Å². The summed E-state index contributed by atoms with van der Waals surface area (Å²) in [5, 5.41) is 33.3. The Kier molecular flexibility index (Phi) is 8.29. The van der Waals surface area contributed by atoms with Gasteiger partial charge >= 0.3 is 6.03 Å². The molecule has 10 heteroatoms. The zero-order valence-corrected chi connectivity index (χ0v) is 20.1. The van der Waals surface area contributed by atoms with Crippen molar-refractivity contribution in [3.8, 4) is 17.6 Å². The number of nitrogens with one attached hydrogen (secondary N) is 3. The Bertz CT molecular complexity index is 1230. The van der Waals surface area contributed by atoms with Gasteiger partial charge in [0.15, 0.2) is 6.23 Å². The average Bonchev–Trinajstić information content (AvgIpc) is 2.93. The minimum Gasteiger partial charge on any atom is -0.489 e. The molecule has 2 aromatic rings. The number of nitrogens with zero attached hydrogens (tertiary/aromatic N) is 1. The van der Waals surface area contributed by atoms with E-state index in [2.05, 4.69) is 22.5 Å².